The molecule has 1 aromatic carbocycles. The van der Waals surface area contributed by atoms with E-state index in [0.717, 1.165) is 12.3 Å². The summed E-state index contributed by atoms with van der Waals surface area (Å²) in [5.74, 6) is 5.34. The van der Waals surface area contributed by atoms with Gasteiger partial charge in [-0.1, -0.05) is 18.8 Å². The van der Waals surface area contributed by atoms with Gasteiger partial charge >= 0.3 is 0 Å². The number of anilines is 1. The molecule has 0 saturated carbocycles. The van der Waals surface area contributed by atoms with Gasteiger partial charge in [0.15, 0.2) is 0 Å². The molecule has 3 aromatic rings. The lowest BCUT2D eigenvalue weighted by Gasteiger charge is -2.09. The quantitative estimate of drug-likeness (QED) is 0.631. The minimum Gasteiger partial charge on any atom is -0.282 e. The normalized spacial score (nSPS) is 10.7. The van der Waals surface area contributed by atoms with E-state index in [-0.39, 0.29) is 11.1 Å². The Kier molecular flexibility index (Phi) is 6.28. The number of halogens is 1. The molecule has 0 aliphatic heterocycles. The first-order chi connectivity index (χ1) is 14.7. The number of nitrogens with zero attached hydrogens (tertiary/aromatic N) is 4. The van der Waals surface area contributed by atoms with Crippen LogP contribution in [-0.2, 0) is 16.4 Å². The summed E-state index contributed by atoms with van der Waals surface area (Å²) < 4.78 is 40.1. The fraction of sp³-hybridized carbons (Fsp3) is 0.182. The van der Waals surface area contributed by atoms with Crippen LogP contribution in [0.25, 0.3) is 11.3 Å². The van der Waals surface area contributed by atoms with Crippen LogP contribution in [-0.4, -0.2) is 29.6 Å². The monoisotopic (exact) mass is 435 g/mol. The number of pyridine rings is 1. The Morgan fingerprint density at radius 3 is 2.55 bits per heavy atom. The first-order valence-corrected chi connectivity index (χ1v) is 11.1. The van der Waals surface area contributed by atoms with Crippen molar-refractivity contribution in [3.8, 4) is 29.2 Å². The molecule has 0 fully saturated rings. The Morgan fingerprint density at radius 2 is 1.90 bits per heavy atom. The van der Waals surface area contributed by atoms with Crippen LogP contribution in [0.2, 0.25) is 0 Å². The second-order valence-corrected chi connectivity index (χ2v) is 8.43. The summed E-state index contributed by atoms with van der Waals surface area (Å²) in [6.45, 7) is 3.57. The molecule has 156 valence electrons. The Morgan fingerprint density at radius 1 is 1.13 bits per heavy atom. The molecule has 0 unspecified atom stereocenters. The van der Waals surface area contributed by atoms with Gasteiger partial charge in [-0.3, -0.25) is 9.71 Å². The largest absolute Gasteiger partial charge is 0.282 e. The van der Waals surface area contributed by atoms with E-state index in [0.29, 0.717) is 40.3 Å². The lowest BCUT2D eigenvalue weighted by Crippen LogP contribution is -2.11. The molecule has 0 radical (unpaired) electrons. The van der Waals surface area contributed by atoms with Gasteiger partial charge in [0.1, 0.15) is 12.1 Å². The molecule has 0 amide bonds. The van der Waals surface area contributed by atoms with E-state index in [1.807, 2.05) is 13.0 Å². The van der Waals surface area contributed by atoms with E-state index in [4.69, 9.17) is 5.26 Å². The summed E-state index contributed by atoms with van der Waals surface area (Å²) in [6, 6.07) is 7.62. The first kappa shape index (κ1) is 21.9. The van der Waals surface area contributed by atoms with Gasteiger partial charge < -0.3 is 0 Å². The second-order valence-electron chi connectivity index (χ2n) is 6.69. The number of sulfonamides is 1. The van der Waals surface area contributed by atoms with Crippen molar-refractivity contribution >= 4 is 15.7 Å². The van der Waals surface area contributed by atoms with Gasteiger partial charge in [-0.15, -0.1) is 0 Å². The Bertz CT molecular complexity index is 1370. The number of hydrogen-bond donors (Lipinski definition) is 1. The zero-order valence-corrected chi connectivity index (χ0v) is 17.9. The maximum absolute atomic E-state index is 14.6. The van der Waals surface area contributed by atoms with Gasteiger partial charge in [0.05, 0.1) is 46.2 Å². The Labute approximate surface area is 180 Å². The highest BCUT2D eigenvalue weighted by Crippen LogP contribution is 2.26. The minimum absolute atomic E-state index is 0.204. The number of nitrogens with one attached hydrogen (secondary N) is 1. The van der Waals surface area contributed by atoms with Crippen molar-refractivity contribution in [3.05, 3.63) is 70.7 Å². The van der Waals surface area contributed by atoms with Crippen LogP contribution < -0.4 is 4.72 Å². The average molecular weight is 435 g/mol. The SMILES string of the molecule is CCc1ncnc(-c2ccc(C#N)cc2F)c1C#Cc1cnc(C)c(NS(C)(=O)=O)c1. The number of aromatic nitrogens is 3. The molecule has 3 rings (SSSR count). The summed E-state index contributed by atoms with van der Waals surface area (Å²) >= 11 is 0. The fourth-order valence-electron chi connectivity index (χ4n) is 2.84. The molecular weight excluding hydrogens is 417 g/mol. The van der Waals surface area contributed by atoms with Crippen LogP contribution in [0.3, 0.4) is 0 Å². The van der Waals surface area contributed by atoms with Gasteiger partial charge in [0.25, 0.3) is 0 Å². The number of aryl methyl sites for hydroxylation is 2. The number of benzene rings is 1. The third-order valence-corrected chi connectivity index (χ3v) is 4.92. The molecule has 2 heterocycles. The van der Waals surface area contributed by atoms with Crippen LogP contribution in [0.4, 0.5) is 10.1 Å². The lowest BCUT2D eigenvalue weighted by atomic mass is 10.0. The van der Waals surface area contributed by atoms with Crippen molar-refractivity contribution in [3.63, 3.8) is 0 Å². The minimum atomic E-state index is -3.47. The molecule has 0 aliphatic rings. The van der Waals surface area contributed by atoms with Crippen LogP contribution in [0.1, 0.15) is 35.0 Å². The number of rotatable bonds is 4. The van der Waals surface area contributed by atoms with Crippen molar-refractivity contribution in [2.24, 2.45) is 0 Å². The van der Waals surface area contributed by atoms with Gasteiger partial charge in [0, 0.05) is 17.3 Å². The zero-order chi connectivity index (χ0) is 22.6. The Hall–Kier alpha value is -3.82. The van der Waals surface area contributed by atoms with E-state index in [9.17, 15) is 12.8 Å². The van der Waals surface area contributed by atoms with Crippen molar-refractivity contribution in [2.45, 2.75) is 20.3 Å². The molecule has 9 heteroatoms. The number of nitriles is 1. The predicted octanol–water partition coefficient (Wildman–Crippen LogP) is 3.19. The predicted molar refractivity (Wildman–Crippen MR) is 115 cm³/mol. The molecule has 0 aliphatic carbocycles. The highest BCUT2D eigenvalue weighted by atomic mass is 32.2. The average Bonchev–Trinajstić information content (AvgIpc) is 2.73. The van der Waals surface area contributed by atoms with Crippen LogP contribution in [0.5, 0.6) is 0 Å². The summed E-state index contributed by atoms with van der Waals surface area (Å²) in [5, 5.41) is 8.97. The molecule has 0 saturated heterocycles. The van der Waals surface area contributed by atoms with E-state index in [1.165, 1.54) is 24.7 Å². The first-order valence-electron chi connectivity index (χ1n) is 9.22. The van der Waals surface area contributed by atoms with Crippen LogP contribution >= 0.6 is 0 Å². The maximum Gasteiger partial charge on any atom is 0.229 e. The fourth-order valence-corrected chi connectivity index (χ4v) is 3.45. The third-order valence-electron chi connectivity index (χ3n) is 4.33. The van der Waals surface area contributed by atoms with Crippen LogP contribution in [0.15, 0.2) is 36.8 Å². The van der Waals surface area contributed by atoms with Gasteiger partial charge in [-0.05, 0) is 37.6 Å². The van der Waals surface area contributed by atoms with Crippen molar-refractivity contribution in [1.82, 2.24) is 15.0 Å². The summed E-state index contributed by atoms with van der Waals surface area (Å²) in [4.78, 5) is 12.6. The van der Waals surface area contributed by atoms with Crippen molar-refractivity contribution in [1.29, 1.82) is 5.26 Å². The zero-order valence-electron chi connectivity index (χ0n) is 17.1. The molecule has 1 N–H and O–H groups in total. The van der Waals surface area contributed by atoms with E-state index in [2.05, 4.69) is 31.5 Å². The van der Waals surface area contributed by atoms with Gasteiger partial charge in [0.2, 0.25) is 10.0 Å². The standard InChI is InChI=1S/C22H18FN5O2S/c1-4-20-18(8-6-16-10-21(14(2)25-12-16)28-31(3,29)30)22(27-13-26-20)17-7-5-15(11-24)9-19(17)23/h5,7,9-10,12-13,28H,4H2,1-3H3. The topological polar surface area (TPSA) is 109 Å². The summed E-state index contributed by atoms with van der Waals surface area (Å²) in [5.41, 5.74) is 3.12. The maximum atomic E-state index is 14.6. The molecule has 31 heavy (non-hydrogen) atoms. The summed E-state index contributed by atoms with van der Waals surface area (Å²) in [6.07, 6.45) is 4.47. The summed E-state index contributed by atoms with van der Waals surface area (Å²) in [7, 11) is -3.47. The van der Waals surface area contributed by atoms with E-state index >= 15 is 0 Å². The lowest BCUT2D eigenvalue weighted by molar-refractivity contribution is 0.606. The van der Waals surface area contributed by atoms with Gasteiger partial charge in [-0.25, -0.2) is 22.8 Å². The molecule has 0 spiro atoms. The highest BCUT2D eigenvalue weighted by molar-refractivity contribution is 7.92. The molecule has 0 atom stereocenters. The highest BCUT2D eigenvalue weighted by Gasteiger charge is 2.15. The third kappa shape index (κ3) is 5.21. The smallest absolute Gasteiger partial charge is 0.229 e. The van der Waals surface area contributed by atoms with E-state index in [1.54, 1.807) is 13.0 Å². The Balaban J connectivity index is 2.11. The molecular formula is C22H18FN5O2S. The van der Waals surface area contributed by atoms with E-state index < -0.39 is 15.8 Å². The molecule has 2 aromatic heterocycles. The number of hydrogen-bond acceptors (Lipinski definition) is 6. The van der Waals surface area contributed by atoms with Crippen molar-refractivity contribution in [2.75, 3.05) is 11.0 Å². The molecule has 0 bridgehead atoms. The van der Waals surface area contributed by atoms with Crippen LogP contribution in [0, 0.1) is 35.9 Å². The second kappa shape index (κ2) is 8.90. The van der Waals surface area contributed by atoms with Gasteiger partial charge in [-0.2, -0.15) is 5.26 Å². The molecule has 7 nitrogen and oxygen atoms in total. The van der Waals surface area contributed by atoms with Crippen molar-refractivity contribution < 1.29 is 12.8 Å².